The monoisotopic (exact) mass is 212 g/mol. The smallest absolute Gasteiger partial charge is 0.00676 e. The van der Waals surface area contributed by atoms with Crippen LogP contribution in [-0.4, -0.2) is 31.1 Å². The molecule has 0 radical (unpaired) electrons. The maximum Gasteiger partial charge on any atom is 0.00676 e. The number of rotatable bonds is 4. The third-order valence-corrected chi connectivity index (χ3v) is 3.34. The predicted molar refractivity (Wildman–Crippen MR) is 66.9 cm³/mol. The van der Waals surface area contributed by atoms with Crippen molar-refractivity contribution in [1.29, 1.82) is 0 Å². The second kappa shape index (κ2) is 5.31. The zero-order valence-corrected chi connectivity index (χ0v) is 10.9. The molecule has 2 heteroatoms. The highest BCUT2D eigenvalue weighted by Crippen LogP contribution is 2.27. The molecule has 2 nitrogen and oxygen atoms in total. The van der Waals surface area contributed by atoms with Crippen molar-refractivity contribution >= 4 is 0 Å². The molecule has 1 rings (SSSR count). The minimum Gasteiger partial charge on any atom is -0.327 e. The van der Waals surface area contributed by atoms with Crippen molar-refractivity contribution in [1.82, 2.24) is 4.90 Å². The van der Waals surface area contributed by atoms with E-state index >= 15 is 0 Å². The van der Waals surface area contributed by atoms with Crippen LogP contribution in [0.5, 0.6) is 0 Å². The van der Waals surface area contributed by atoms with Crippen molar-refractivity contribution in [3.05, 3.63) is 0 Å². The molecule has 0 spiro atoms. The number of nitrogens with two attached hydrogens (primary N) is 1. The summed E-state index contributed by atoms with van der Waals surface area (Å²) in [6.07, 6.45) is 5.22. The lowest BCUT2D eigenvalue weighted by molar-refractivity contribution is 0.212. The molecule has 1 fully saturated rings. The van der Waals surface area contributed by atoms with Crippen LogP contribution in [0.1, 0.15) is 46.5 Å². The summed E-state index contributed by atoms with van der Waals surface area (Å²) in [4.78, 5) is 2.45. The first-order chi connectivity index (χ1) is 6.88. The van der Waals surface area contributed by atoms with Gasteiger partial charge in [0.1, 0.15) is 0 Å². The quantitative estimate of drug-likeness (QED) is 0.776. The van der Waals surface area contributed by atoms with Gasteiger partial charge >= 0.3 is 0 Å². The summed E-state index contributed by atoms with van der Waals surface area (Å²) in [6.45, 7) is 9.27. The Morgan fingerprint density at radius 2 is 1.93 bits per heavy atom. The Morgan fingerprint density at radius 3 is 2.40 bits per heavy atom. The molecule has 1 saturated carbocycles. The molecule has 2 N–H and O–H groups in total. The average molecular weight is 212 g/mol. The summed E-state index contributed by atoms with van der Waals surface area (Å²) in [6, 6.07) is 0.480. The molecule has 0 aliphatic heterocycles. The van der Waals surface area contributed by atoms with Gasteiger partial charge in [0.05, 0.1) is 0 Å². The van der Waals surface area contributed by atoms with E-state index in [2.05, 4.69) is 32.7 Å². The van der Waals surface area contributed by atoms with E-state index in [1.807, 2.05) is 0 Å². The van der Waals surface area contributed by atoms with Crippen LogP contribution in [0.25, 0.3) is 0 Å². The molecular weight excluding hydrogens is 184 g/mol. The van der Waals surface area contributed by atoms with Crippen molar-refractivity contribution in [2.75, 3.05) is 20.1 Å². The Kier molecular flexibility index (Phi) is 4.60. The van der Waals surface area contributed by atoms with Crippen molar-refractivity contribution in [2.45, 2.75) is 52.5 Å². The molecule has 0 bridgehead atoms. The Labute approximate surface area is 95.2 Å². The van der Waals surface area contributed by atoms with Crippen LogP contribution in [0.15, 0.2) is 0 Å². The first-order valence-corrected chi connectivity index (χ1v) is 6.32. The van der Waals surface area contributed by atoms with Gasteiger partial charge in [-0.3, -0.25) is 0 Å². The van der Waals surface area contributed by atoms with E-state index in [9.17, 15) is 0 Å². The standard InChI is InChI=1S/C13H28N2/c1-13(2,3)10-15(4)9-8-11-6-5-7-12(11)14/h11-12H,5-10,14H2,1-4H3. The molecule has 90 valence electrons. The first-order valence-electron chi connectivity index (χ1n) is 6.32. The van der Waals surface area contributed by atoms with Gasteiger partial charge < -0.3 is 10.6 Å². The van der Waals surface area contributed by atoms with Gasteiger partial charge in [-0.2, -0.15) is 0 Å². The lowest BCUT2D eigenvalue weighted by Gasteiger charge is -2.28. The molecular formula is C13H28N2. The van der Waals surface area contributed by atoms with Crippen LogP contribution < -0.4 is 5.73 Å². The van der Waals surface area contributed by atoms with E-state index < -0.39 is 0 Å². The van der Waals surface area contributed by atoms with E-state index in [4.69, 9.17) is 5.73 Å². The summed E-state index contributed by atoms with van der Waals surface area (Å²) in [7, 11) is 2.23. The van der Waals surface area contributed by atoms with Gasteiger partial charge in [-0.1, -0.05) is 27.2 Å². The molecule has 1 aliphatic carbocycles. The molecule has 0 saturated heterocycles. The lowest BCUT2D eigenvalue weighted by Crippen LogP contribution is -2.33. The van der Waals surface area contributed by atoms with Gasteiger partial charge in [0, 0.05) is 12.6 Å². The largest absolute Gasteiger partial charge is 0.327 e. The minimum atomic E-state index is 0.409. The average Bonchev–Trinajstić information content (AvgIpc) is 2.44. The molecule has 0 aromatic carbocycles. The Bertz CT molecular complexity index is 183. The highest BCUT2D eigenvalue weighted by atomic mass is 15.1. The fraction of sp³-hybridized carbons (Fsp3) is 1.00. The van der Waals surface area contributed by atoms with Gasteiger partial charge in [-0.05, 0) is 44.2 Å². The molecule has 2 atom stereocenters. The first kappa shape index (κ1) is 13.0. The van der Waals surface area contributed by atoms with E-state index in [0.29, 0.717) is 11.5 Å². The lowest BCUT2D eigenvalue weighted by atomic mass is 9.95. The van der Waals surface area contributed by atoms with Gasteiger partial charge in [0.25, 0.3) is 0 Å². The normalized spacial score (nSPS) is 27.6. The van der Waals surface area contributed by atoms with E-state index in [1.165, 1.54) is 38.8 Å². The van der Waals surface area contributed by atoms with Crippen LogP contribution in [0.4, 0.5) is 0 Å². The number of hydrogen-bond acceptors (Lipinski definition) is 2. The zero-order valence-electron chi connectivity index (χ0n) is 10.9. The van der Waals surface area contributed by atoms with Crippen LogP contribution in [0, 0.1) is 11.3 Å². The van der Waals surface area contributed by atoms with Crippen molar-refractivity contribution < 1.29 is 0 Å². The van der Waals surface area contributed by atoms with Gasteiger partial charge in [0.2, 0.25) is 0 Å². The minimum absolute atomic E-state index is 0.409. The van der Waals surface area contributed by atoms with Crippen LogP contribution in [-0.2, 0) is 0 Å². The fourth-order valence-electron chi connectivity index (χ4n) is 2.70. The SMILES string of the molecule is CN(CCC1CCCC1N)CC(C)(C)C. The van der Waals surface area contributed by atoms with Gasteiger partial charge in [-0.25, -0.2) is 0 Å². The Morgan fingerprint density at radius 1 is 1.27 bits per heavy atom. The molecule has 0 aromatic rings. The summed E-state index contributed by atoms with van der Waals surface area (Å²) >= 11 is 0. The van der Waals surface area contributed by atoms with Crippen LogP contribution in [0.2, 0.25) is 0 Å². The predicted octanol–water partition coefficient (Wildman–Crippen LogP) is 2.48. The second-order valence-electron chi connectivity index (χ2n) is 6.44. The third-order valence-electron chi connectivity index (χ3n) is 3.34. The third kappa shape index (κ3) is 4.98. The van der Waals surface area contributed by atoms with Gasteiger partial charge in [-0.15, -0.1) is 0 Å². The molecule has 1 aliphatic rings. The molecule has 0 aromatic heterocycles. The van der Waals surface area contributed by atoms with Crippen molar-refractivity contribution in [3.63, 3.8) is 0 Å². The van der Waals surface area contributed by atoms with Crippen LogP contribution in [0.3, 0.4) is 0 Å². The van der Waals surface area contributed by atoms with Gasteiger partial charge in [0.15, 0.2) is 0 Å². The fourth-order valence-corrected chi connectivity index (χ4v) is 2.70. The molecule has 15 heavy (non-hydrogen) atoms. The zero-order chi connectivity index (χ0) is 11.5. The van der Waals surface area contributed by atoms with E-state index in [-0.39, 0.29) is 0 Å². The Balaban J connectivity index is 2.19. The summed E-state index contributed by atoms with van der Waals surface area (Å²) in [5, 5.41) is 0. The highest BCUT2D eigenvalue weighted by Gasteiger charge is 2.24. The topological polar surface area (TPSA) is 29.3 Å². The summed E-state index contributed by atoms with van der Waals surface area (Å²) in [5.74, 6) is 0.785. The maximum atomic E-state index is 6.07. The molecule has 2 unspecified atom stereocenters. The molecule has 0 amide bonds. The summed E-state index contributed by atoms with van der Waals surface area (Å²) in [5.41, 5.74) is 6.48. The highest BCUT2D eigenvalue weighted by molar-refractivity contribution is 4.81. The van der Waals surface area contributed by atoms with E-state index in [1.54, 1.807) is 0 Å². The molecule has 0 heterocycles. The van der Waals surface area contributed by atoms with Crippen molar-refractivity contribution in [3.8, 4) is 0 Å². The maximum absolute atomic E-state index is 6.07. The number of hydrogen-bond donors (Lipinski definition) is 1. The van der Waals surface area contributed by atoms with Crippen molar-refractivity contribution in [2.24, 2.45) is 17.1 Å². The van der Waals surface area contributed by atoms with Crippen LogP contribution >= 0.6 is 0 Å². The number of nitrogens with zero attached hydrogens (tertiary/aromatic N) is 1. The summed E-state index contributed by atoms with van der Waals surface area (Å²) < 4.78 is 0. The second-order valence-corrected chi connectivity index (χ2v) is 6.44. The Hall–Kier alpha value is -0.0800. The van der Waals surface area contributed by atoms with E-state index in [0.717, 1.165) is 5.92 Å².